The lowest BCUT2D eigenvalue weighted by Gasteiger charge is -2.14. The summed E-state index contributed by atoms with van der Waals surface area (Å²) in [6, 6.07) is 10.2. The summed E-state index contributed by atoms with van der Waals surface area (Å²) >= 11 is 1.49. The van der Waals surface area contributed by atoms with Gasteiger partial charge in [-0.05, 0) is 12.3 Å². The van der Waals surface area contributed by atoms with E-state index in [-0.39, 0.29) is 0 Å². The monoisotopic (exact) mass is 309 g/mol. The standard InChI is InChI=1S/C16H15N5S/c1-22-16-13(10-17)15(12-4-2-3-5-14(12)20-16)19-7-9-21-8-6-18-11-21/h2-6,8,11H,7,9H2,1H3,(H,19,20). The van der Waals surface area contributed by atoms with E-state index in [1.54, 1.807) is 12.5 Å². The summed E-state index contributed by atoms with van der Waals surface area (Å²) in [6.45, 7) is 1.50. The van der Waals surface area contributed by atoms with Gasteiger partial charge in [0, 0.05) is 30.9 Å². The van der Waals surface area contributed by atoms with Crippen LogP contribution in [-0.4, -0.2) is 27.3 Å². The van der Waals surface area contributed by atoms with Crippen LogP contribution in [0.15, 0.2) is 48.0 Å². The number of nitrogens with zero attached hydrogens (tertiary/aromatic N) is 4. The molecule has 1 N–H and O–H groups in total. The summed E-state index contributed by atoms with van der Waals surface area (Å²) in [7, 11) is 0. The van der Waals surface area contributed by atoms with E-state index in [0.29, 0.717) is 12.1 Å². The number of fused-ring (bicyclic) bond motifs is 1. The number of hydrogen-bond acceptors (Lipinski definition) is 5. The maximum atomic E-state index is 9.51. The van der Waals surface area contributed by atoms with Gasteiger partial charge in [0.1, 0.15) is 16.7 Å². The zero-order chi connectivity index (χ0) is 15.4. The third-order valence-electron chi connectivity index (χ3n) is 3.40. The minimum absolute atomic E-state index is 0.608. The number of pyridine rings is 1. The minimum Gasteiger partial charge on any atom is -0.382 e. The third kappa shape index (κ3) is 2.76. The van der Waals surface area contributed by atoms with E-state index in [1.165, 1.54) is 11.8 Å². The van der Waals surface area contributed by atoms with Crippen LogP contribution in [0, 0.1) is 11.3 Å². The van der Waals surface area contributed by atoms with Gasteiger partial charge in [-0.1, -0.05) is 18.2 Å². The molecule has 3 aromatic rings. The lowest BCUT2D eigenvalue weighted by Crippen LogP contribution is -2.11. The fraction of sp³-hybridized carbons (Fsp3) is 0.188. The first-order chi connectivity index (χ1) is 10.8. The highest BCUT2D eigenvalue weighted by atomic mass is 32.2. The van der Waals surface area contributed by atoms with E-state index in [9.17, 15) is 5.26 Å². The average Bonchev–Trinajstić information content (AvgIpc) is 3.07. The molecule has 2 heterocycles. The smallest absolute Gasteiger partial charge is 0.116 e. The number of benzene rings is 1. The van der Waals surface area contributed by atoms with Gasteiger partial charge in [-0.2, -0.15) is 5.26 Å². The van der Waals surface area contributed by atoms with Crippen LogP contribution in [0.3, 0.4) is 0 Å². The van der Waals surface area contributed by atoms with Gasteiger partial charge in [-0.15, -0.1) is 11.8 Å². The fourth-order valence-corrected chi connectivity index (χ4v) is 2.89. The van der Waals surface area contributed by atoms with Crippen LogP contribution in [0.5, 0.6) is 0 Å². The second kappa shape index (κ2) is 6.50. The molecular weight excluding hydrogens is 294 g/mol. The third-order valence-corrected chi connectivity index (χ3v) is 4.08. The summed E-state index contributed by atoms with van der Waals surface area (Å²) in [5.74, 6) is 0. The number of anilines is 1. The molecular formula is C16H15N5S. The molecule has 0 spiro atoms. The Morgan fingerprint density at radius 3 is 2.95 bits per heavy atom. The number of nitrogens with one attached hydrogen (secondary N) is 1. The van der Waals surface area contributed by atoms with Crippen molar-refractivity contribution in [3.63, 3.8) is 0 Å². The lowest BCUT2D eigenvalue weighted by atomic mass is 10.1. The van der Waals surface area contributed by atoms with Crippen molar-refractivity contribution in [1.82, 2.24) is 14.5 Å². The average molecular weight is 309 g/mol. The summed E-state index contributed by atoms with van der Waals surface area (Å²) in [5.41, 5.74) is 2.37. The van der Waals surface area contributed by atoms with E-state index < -0.39 is 0 Å². The van der Waals surface area contributed by atoms with Gasteiger partial charge in [0.05, 0.1) is 17.5 Å². The normalized spacial score (nSPS) is 10.5. The summed E-state index contributed by atoms with van der Waals surface area (Å²) in [5, 5.41) is 14.6. The molecule has 22 heavy (non-hydrogen) atoms. The summed E-state index contributed by atoms with van der Waals surface area (Å²) in [6.07, 6.45) is 7.40. The zero-order valence-electron chi connectivity index (χ0n) is 12.2. The molecule has 0 unspecified atom stereocenters. The number of thioether (sulfide) groups is 1. The quantitative estimate of drug-likeness (QED) is 0.733. The van der Waals surface area contributed by atoms with Gasteiger partial charge in [0.15, 0.2) is 0 Å². The van der Waals surface area contributed by atoms with Gasteiger partial charge in [-0.25, -0.2) is 9.97 Å². The predicted octanol–water partition coefficient (Wildman–Crippen LogP) is 3.14. The van der Waals surface area contributed by atoms with Crippen molar-refractivity contribution in [2.75, 3.05) is 18.1 Å². The molecule has 0 aliphatic heterocycles. The van der Waals surface area contributed by atoms with Crippen molar-refractivity contribution < 1.29 is 0 Å². The topological polar surface area (TPSA) is 66.5 Å². The van der Waals surface area contributed by atoms with Crippen LogP contribution >= 0.6 is 11.8 Å². The first-order valence-corrected chi connectivity index (χ1v) is 8.12. The Bertz CT molecular complexity index is 820. The van der Waals surface area contributed by atoms with Gasteiger partial charge in [0.25, 0.3) is 0 Å². The Labute approximate surface area is 133 Å². The molecule has 5 nitrogen and oxygen atoms in total. The Hall–Kier alpha value is -2.52. The highest BCUT2D eigenvalue weighted by Gasteiger charge is 2.13. The Kier molecular flexibility index (Phi) is 4.26. The number of imidazole rings is 1. The number of rotatable bonds is 5. The van der Waals surface area contributed by atoms with Crippen LogP contribution in [0.1, 0.15) is 5.56 Å². The van der Waals surface area contributed by atoms with E-state index in [2.05, 4.69) is 21.4 Å². The van der Waals surface area contributed by atoms with Crippen LogP contribution in [-0.2, 0) is 6.54 Å². The number of para-hydroxylation sites is 1. The molecule has 0 atom stereocenters. The molecule has 0 amide bonds. The van der Waals surface area contributed by atoms with E-state index in [0.717, 1.165) is 28.2 Å². The molecule has 110 valence electrons. The summed E-state index contributed by atoms with van der Waals surface area (Å²) in [4.78, 5) is 8.60. The highest BCUT2D eigenvalue weighted by molar-refractivity contribution is 7.98. The molecule has 0 aliphatic rings. The number of hydrogen-bond donors (Lipinski definition) is 1. The van der Waals surface area contributed by atoms with Crippen molar-refractivity contribution in [2.24, 2.45) is 0 Å². The molecule has 0 bridgehead atoms. The molecule has 2 aromatic heterocycles. The predicted molar refractivity (Wildman–Crippen MR) is 89.0 cm³/mol. The van der Waals surface area contributed by atoms with Crippen molar-refractivity contribution in [2.45, 2.75) is 11.6 Å². The summed E-state index contributed by atoms with van der Waals surface area (Å²) < 4.78 is 2.00. The van der Waals surface area contributed by atoms with Crippen molar-refractivity contribution in [3.05, 3.63) is 48.5 Å². The number of aromatic nitrogens is 3. The van der Waals surface area contributed by atoms with Gasteiger partial charge < -0.3 is 9.88 Å². The van der Waals surface area contributed by atoms with Crippen molar-refractivity contribution in [3.8, 4) is 6.07 Å². The first-order valence-electron chi connectivity index (χ1n) is 6.90. The number of nitriles is 1. The zero-order valence-corrected chi connectivity index (χ0v) is 13.0. The van der Waals surface area contributed by atoms with Crippen LogP contribution in [0.4, 0.5) is 5.69 Å². The maximum absolute atomic E-state index is 9.51. The molecule has 6 heteroatoms. The van der Waals surface area contributed by atoms with Gasteiger partial charge >= 0.3 is 0 Å². The van der Waals surface area contributed by atoms with E-state index in [4.69, 9.17) is 0 Å². The fourth-order valence-electron chi connectivity index (χ4n) is 2.35. The Morgan fingerprint density at radius 1 is 1.36 bits per heavy atom. The molecule has 1 aromatic carbocycles. The molecule has 0 radical (unpaired) electrons. The van der Waals surface area contributed by atoms with E-state index >= 15 is 0 Å². The SMILES string of the molecule is CSc1nc2ccccc2c(NCCn2ccnc2)c1C#N. The Balaban J connectivity index is 1.96. The van der Waals surface area contributed by atoms with E-state index in [1.807, 2.05) is 41.3 Å². The van der Waals surface area contributed by atoms with Crippen molar-refractivity contribution in [1.29, 1.82) is 5.26 Å². The second-order valence-electron chi connectivity index (χ2n) is 4.73. The first kappa shape index (κ1) is 14.4. The lowest BCUT2D eigenvalue weighted by molar-refractivity contribution is 0.727. The van der Waals surface area contributed by atoms with Crippen molar-refractivity contribution >= 4 is 28.4 Å². The minimum atomic E-state index is 0.608. The Morgan fingerprint density at radius 2 is 2.23 bits per heavy atom. The maximum Gasteiger partial charge on any atom is 0.116 e. The highest BCUT2D eigenvalue weighted by Crippen LogP contribution is 2.31. The van der Waals surface area contributed by atoms with Crippen LogP contribution in [0.25, 0.3) is 10.9 Å². The second-order valence-corrected chi connectivity index (χ2v) is 5.52. The molecule has 0 aliphatic carbocycles. The molecule has 0 fully saturated rings. The van der Waals surface area contributed by atoms with Crippen LogP contribution in [0.2, 0.25) is 0 Å². The molecule has 0 saturated heterocycles. The largest absolute Gasteiger partial charge is 0.382 e. The van der Waals surface area contributed by atoms with Gasteiger partial charge in [-0.3, -0.25) is 0 Å². The molecule has 0 saturated carbocycles. The van der Waals surface area contributed by atoms with Crippen LogP contribution < -0.4 is 5.32 Å². The van der Waals surface area contributed by atoms with Gasteiger partial charge in [0.2, 0.25) is 0 Å². The molecule has 3 rings (SSSR count).